The molecular formula is C15H19N3O3. The van der Waals surface area contributed by atoms with Crippen LogP contribution in [0.2, 0.25) is 0 Å². The second-order valence-electron chi connectivity index (χ2n) is 4.82. The molecule has 3 N–H and O–H groups in total. The van der Waals surface area contributed by atoms with Crippen molar-refractivity contribution in [2.45, 2.75) is 13.8 Å². The van der Waals surface area contributed by atoms with Gasteiger partial charge in [-0.1, -0.05) is 6.92 Å². The zero-order valence-corrected chi connectivity index (χ0v) is 12.1. The number of carbonyl (C=O) groups is 2. The molecule has 0 spiro atoms. The van der Waals surface area contributed by atoms with Gasteiger partial charge in [0.15, 0.2) is 0 Å². The molecule has 1 aliphatic heterocycles. The van der Waals surface area contributed by atoms with E-state index < -0.39 is 0 Å². The molecule has 0 aliphatic carbocycles. The van der Waals surface area contributed by atoms with Crippen molar-refractivity contribution in [2.75, 3.05) is 18.6 Å². The van der Waals surface area contributed by atoms with Crippen LogP contribution in [0.15, 0.2) is 36.0 Å². The van der Waals surface area contributed by atoms with Gasteiger partial charge in [-0.2, -0.15) is 0 Å². The Bertz CT molecular complexity index is 552. The number of amides is 1. The van der Waals surface area contributed by atoms with Crippen LogP contribution in [-0.2, 0) is 9.53 Å². The molecule has 6 nitrogen and oxygen atoms in total. The summed E-state index contributed by atoms with van der Waals surface area (Å²) in [6.45, 7) is 4.79. The number of ether oxygens (including phenoxy) is 1. The molecule has 1 aromatic carbocycles. The predicted octanol–water partition coefficient (Wildman–Crippen LogP) is 1.43. The first kappa shape index (κ1) is 14.9. The molecule has 1 heterocycles. The summed E-state index contributed by atoms with van der Waals surface area (Å²) in [7, 11) is 0. The van der Waals surface area contributed by atoms with Gasteiger partial charge in [-0.15, -0.1) is 0 Å². The monoisotopic (exact) mass is 289 g/mol. The van der Waals surface area contributed by atoms with Crippen LogP contribution < -0.4 is 16.2 Å². The predicted molar refractivity (Wildman–Crippen MR) is 79.4 cm³/mol. The molecule has 6 heteroatoms. The average Bonchev–Trinajstić information content (AvgIpc) is 2.49. The minimum Gasteiger partial charge on any atom is -0.462 e. The van der Waals surface area contributed by atoms with Gasteiger partial charge in [0, 0.05) is 6.54 Å². The molecule has 0 radical (unpaired) electrons. The fraction of sp³-hybridized carbons (Fsp3) is 0.333. The first-order chi connectivity index (χ1) is 10.1. The normalized spacial score (nSPS) is 17.5. The van der Waals surface area contributed by atoms with Crippen LogP contribution in [0.3, 0.4) is 0 Å². The second kappa shape index (κ2) is 6.78. The summed E-state index contributed by atoms with van der Waals surface area (Å²) in [6.07, 6.45) is 1.87. The van der Waals surface area contributed by atoms with Gasteiger partial charge in [-0.3, -0.25) is 10.2 Å². The Balaban J connectivity index is 1.95. The number of hydrogen-bond acceptors (Lipinski definition) is 5. The molecular weight excluding hydrogens is 270 g/mol. The van der Waals surface area contributed by atoms with Gasteiger partial charge < -0.3 is 15.5 Å². The van der Waals surface area contributed by atoms with Crippen molar-refractivity contribution in [3.8, 4) is 0 Å². The maximum Gasteiger partial charge on any atom is 0.338 e. The van der Waals surface area contributed by atoms with Gasteiger partial charge in [0.2, 0.25) is 0 Å². The van der Waals surface area contributed by atoms with Gasteiger partial charge in [-0.25, -0.2) is 4.79 Å². The quantitative estimate of drug-likeness (QED) is 0.564. The highest BCUT2D eigenvalue weighted by molar-refractivity contribution is 5.94. The lowest BCUT2D eigenvalue weighted by atomic mass is 10.1. The van der Waals surface area contributed by atoms with E-state index in [0.717, 1.165) is 5.69 Å². The lowest BCUT2D eigenvalue weighted by Gasteiger charge is -2.20. The maximum atomic E-state index is 11.6. The lowest BCUT2D eigenvalue weighted by molar-refractivity contribution is -0.118. The number of hydrazine groups is 1. The van der Waals surface area contributed by atoms with Gasteiger partial charge >= 0.3 is 5.97 Å². The summed E-state index contributed by atoms with van der Waals surface area (Å²) < 4.78 is 4.91. The fourth-order valence-electron chi connectivity index (χ4n) is 1.91. The molecule has 21 heavy (non-hydrogen) atoms. The van der Waals surface area contributed by atoms with Gasteiger partial charge in [0.1, 0.15) is 5.70 Å². The Kier molecular flexibility index (Phi) is 4.81. The SMILES string of the molecule is CCOC(=O)c1ccc(NNC2=CC(C)CNC2=O)cc1. The van der Waals surface area contributed by atoms with E-state index in [4.69, 9.17) is 4.74 Å². The zero-order valence-electron chi connectivity index (χ0n) is 12.1. The van der Waals surface area contributed by atoms with E-state index in [-0.39, 0.29) is 17.8 Å². The van der Waals surface area contributed by atoms with Crippen molar-refractivity contribution in [1.82, 2.24) is 10.7 Å². The molecule has 1 amide bonds. The van der Waals surface area contributed by atoms with Crippen LogP contribution in [0.25, 0.3) is 0 Å². The molecule has 1 aromatic rings. The number of anilines is 1. The van der Waals surface area contributed by atoms with Gasteiger partial charge in [0.05, 0.1) is 17.9 Å². The van der Waals surface area contributed by atoms with E-state index in [2.05, 4.69) is 16.2 Å². The van der Waals surface area contributed by atoms with E-state index >= 15 is 0 Å². The Labute approximate surface area is 123 Å². The van der Waals surface area contributed by atoms with Crippen molar-refractivity contribution >= 4 is 17.6 Å². The molecule has 0 bridgehead atoms. The summed E-state index contributed by atoms with van der Waals surface area (Å²) in [6, 6.07) is 6.81. The van der Waals surface area contributed by atoms with Gasteiger partial charge in [0.25, 0.3) is 5.91 Å². The number of hydrogen-bond donors (Lipinski definition) is 3. The number of nitrogens with one attached hydrogen (secondary N) is 3. The first-order valence-electron chi connectivity index (χ1n) is 6.89. The van der Waals surface area contributed by atoms with Crippen LogP contribution in [-0.4, -0.2) is 25.0 Å². The largest absolute Gasteiger partial charge is 0.462 e. The highest BCUT2D eigenvalue weighted by Gasteiger charge is 2.16. The molecule has 0 saturated carbocycles. The van der Waals surface area contributed by atoms with E-state index in [9.17, 15) is 9.59 Å². The number of carbonyl (C=O) groups excluding carboxylic acids is 2. The maximum absolute atomic E-state index is 11.6. The molecule has 0 fully saturated rings. The topological polar surface area (TPSA) is 79.5 Å². The summed E-state index contributed by atoms with van der Waals surface area (Å²) in [4.78, 5) is 23.2. The third kappa shape index (κ3) is 3.98. The molecule has 112 valence electrons. The van der Waals surface area contributed by atoms with Gasteiger partial charge in [-0.05, 0) is 43.2 Å². The molecule has 1 atom stereocenters. The Morgan fingerprint density at radius 3 is 2.71 bits per heavy atom. The van der Waals surface area contributed by atoms with E-state index in [1.54, 1.807) is 31.2 Å². The summed E-state index contributed by atoms with van der Waals surface area (Å²) in [5.74, 6) is -0.192. The van der Waals surface area contributed by atoms with Crippen LogP contribution >= 0.6 is 0 Å². The summed E-state index contributed by atoms with van der Waals surface area (Å²) in [5, 5.41) is 2.79. The number of rotatable bonds is 5. The van der Waals surface area contributed by atoms with Crippen molar-refractivity contribution in [2.24, 2.45) is 5.92 Å². The summed E-state index contributed by atoms with van der Waals surface area (Å²) >= 11 is 0. The van der Waals surface area contributed by atoms with Crippen LogP contribution in [0.4, 0.5) is 5.69 Å². The lowest BCUT2D eigenvalue weighted by Crippen LogP contribution is -2.40. The van der Waals surface area contributed by atoms with Crippen LogP contribution in [0, 0.1) is 5.92 Å². The highest BCUT2D eigenvalue weighted by Crippen LogP contribution is 2.11. The smallest absolute Gasteiger partial charge is 0.338 e. The van der Waals surface area contributed by atoms with E-state index in [1.165, 1.54) is 0 Å². The minimum absolute atomic E-state index is 0.135. The van der Waals surface area contributed by atoms with Crippen molar-refractivity contribution < 1.29 is 14.3 Å². The van der Waals surface area contributed by atoms with Crippen molar-refractivity contribution in [3.05, 3.63) is 41.6 Å². The fourth-order valence-corrected chi connectivity index (χ4v) is 1.91. The molecule has 0 aromatic heterocycles. The van der Waals surface area contributed by atoms with Crippen molar-refractivity contribution in [3.63, 3.8) is 0 Å². The second-order valence-corrected chi connectivity index (χ2v) is 4.82. The van der Waals surface area contributed by atoms with E-state index in [1.807, 2.05) is 13.0 Å². The third-order valence-electron chi connectivity index (χ3n) is 3.02. The summed E-state index contributed by atoms with van der Waals surface area (Å²) in [5.41, 5.74) is 7.53. The highest BCUT2D eigenvalue weighted by atomic mass is 16.5. The Morgan fingerprint density at radius 1 is 1.33 bits per heavy atom. The standard InChI is InChI=1S/C15H19N3O3/c1-3-21-15(20)11-4-6-12(7-5-11)17-18-13-8-10(2)9-16-14(13)19/h4-8,10,17-18H,3,9H2,1-2H3,(H,16,19). The minimum atomic E-state index is -0.347. The zero-order chi connectivity index (χ0) is 15.2. The van der Waals surface area contributed by atoms with E-state index in [0.29, 0.717) is 24.4 Å². The Morgan fingerprint density at radius 2 is 2.05 bits per heavy atom. The van der Waals surface area contributed by atoms with Crippen LogP contribution in [0.1, 0.15) is 24.2 Å². The molecule has 1 aliphatic rings. The Hall–Kier alpha value is -2.50. The van der Waals surface area contributed by atoms with Crippen molar-refractivity contribution in [1.29, 1.82) is 0 Å². The molecule has 0 saturated heterocycles. The van der Waals surface area contributed by atoms with Crippen LogP contribution in [0.5, 0.6) is 0 Å². The number of esters is 1. The third-order valence-corrected chi connectivity index (χ3v) is 3.02. The average molecular weight is 289 g/mol. The number of benzene rings is 1. The molecule has 1 unspecified atom stereocenters. The molecule has 2 rings (SSSR count). The first-order valence-corrected chi connectivity index (χ1v) is 6.89.